The van der Waals surface area contributed by atoms with Gasteiger partial charge in [-0.25, -0.2) is 4.98 Å². The monoisotopic (exact) mass is 447 g/mol. The smallest absolute Gasteiger partial charge is 0.255 e. The molecular formula is C19H18BrN3OS2. The van der Waals surface area contributed by atoms with E-state index in [2.05, 4.69) is 45.3 Å². The molecule has 0 aliphatic carbocycles. The van der Waals surface area contributed by atoms with Gasteiger partial charge in [-0.3, -0.25) is 4.79 Å². The van der Waals surface area contributed by atoms with Crippen molar-refractivity contribution < 1.29 is 4.79 Å². The number of rotatable bonds is 3. The molecule has 26 heavy (non-hydrogen) atoms. The number of amides is 1. The second-order valence-corrected chi connectivity index (χ2v) is 8.83. The van der Waals surface area contributed by atoms with Crippen LogP contribution >= 0.6 is 39.0 Å². The quantitative estimate of drug-likeness (QED) is 0.543. The van der Waals surface area contributed by atoms with E-state index in [1.807, 2.05) is 29.2 Å². The summed E-state index contributed by atoms with van der Waals surface area (Å²) in [6, 6.07) is 14.0. The summed E-state index contributed by atoms with van der Waals surface area (Å²) in [4.78, 5) is 23.0. The fraction of sp³-hybridized carbons (Fsp3) is 0.263. The van der Waals surface area contributed by atoms with E-state index in [1.54, 1.807) is 23.1 Å². The summed E-state index contributed by atoms with van der Waals surface area (Å²) in [5, 5.41) is 1.05. The molecule has 0 bridgehead atoms. The van der Waals surface area contributed by atoms with Crippen molar-refractivity contribution in [3.05, 3.63) is 52.5 Å². The van der Waals surface area contributed by atoms with Crippen LogP contribution in [0.3, 0.4) is 0 Å². The van der Waals surface area contributed by atoms with E-state index >= 15 is 0 Å². The van der Waals surface area contributed by atoms with Gasteiger partial charge in [-0.05, 0) is 52.5 Å². The second kappa shape index (κ2) is 7.58. The Bertz CT molecular complexity index is 951. The van der Waals surface area contributed by atoms with Gasteiger partial charge in [0, 0.05) is 35.5 Å². The molecule has 0 atom stereocenters. The summed E-state index contributed by atoms with van der Waals surface area (Å²) in [6.45, 7) is 3.05. The lowest BCUT2D eigenvalue weighted by Crippen LogP contribution is -2.48. The summed E-state index contributed by atoms with van der Waals surface area (Å²) in [6.07, 6.45) is 2.09. The summed E-state index contributed by atoms with van der Waals surface area (Å²) in [5.74, 6) is 0.0889. The topological polar surface area (TPSA) is 36.4 Å². The fourth-order valence-electron chi connectivity index (χ4n) is 3.06. The fourth-order valence-corrected chi connectivity index (χ4v) is 5.09. The zero-order chi connectivity index (χ0) is 18.1. The first-order valence-corrected chi connectivity index (χ1v) is 11.2. The minimum atomic E-state index is 0.0889. The molecule has 0 spiro atoms. The van der Waals surface area contributed by atoms with Crippen LogP contribution < -0.4 is 4.90 Å². The van der Waals surface area contributed by atoms with Crippen LogP contribution in [-0.2, 0) is 0 Å². The molecule has 134 valence electrons. The molecule has 0 N–H and O–H groups in total. The molecule has 1 aliphatic heterocycles. The molecule has 2 aromatic carbocycles. The molecule has 0 radical (unpaired) electrons. The number of benzene rings is 2. The maximum Gasteiger partial charge on any atom is 0.255 e. The van der Waals surface area contributed by atoms with Crippen LogP contribution in [-0.4, -0.2) is 48.2 Å². The highest BCUT2D eigenvalue weighted by Crippen LogP contribution is 2.32. The van der Waals surface area contributed by atoms with E-state index in [-0.39, 0.29) is 5.91 Å². The van der Waals surface area contributed by atoms with Gasteiger partial charge in [0.05, 0.1) is 15.8 Å². The highest BCUT2D eigenvalue weighted by atomic mass is 79.9. The number of hydrogen-bond donors (Lipinski definition) is 0. The maximum absolute atomic E-state index is 12.7. The minimum absolute atomic E-state index is 0.0889. The number of carbonyl (C=O) groups excluding carboxylic acids is 1. The van der Waals surface area contributed by atoms with Crippen molar-refractivity contribution in [3.8, 4) is 0 Å². The summed E-state index contributed by atoms with van der Waals surface area (Å²) in [7, 11) is 0. The number of hydrogen-bond acceptors (Lipinski definition) is 5. The van der Waals surface area contributed by atoms with Gasteiger partial charge in [-0.2, -0.15) is 0 Å². The standard InChI is InChI=1S/C19H18BrN3OS2/c1-25-13-6-7-16-17(12-13)26-19(21-16)23-10-8-22(9-11-23)18(24)14-4-2-3-5-15(14)20/h2-7,12H,8-11H2,1H3. The number of nitrogens with zero attached hydrogens (tertiary/aromatic N) is 3. The molecule has 1 fully saturated rings. The SMILES string of the molecule is CSc1ccc2nc(N3CCN(C(=O)c4ccccc4Br)CC3)sc2c1. The second-order valence-electron chi connectivity index (χ2n) is 6.09. The molecule has 1 aromatic heterocycles. The molecular weight excluding hydrogens is 430 g/mol. The lowest BCUT2D eigenvalue weighted by molar-refractivity contribution is 0.0746. The van der Waals surface area contributed by atoms with Crippen LogP contribution in [0.15, 0.2) is 51.8 Å². The molecule has 7 heteroatoms. The van der Waals surface area contributed by atoms with Crippen molar-refractivity contribution in [2.75, 3.05) is 37.3 Å². The van der Waals surface area contributed by atoms with Crippen LogP contribution in [0.2, 0.25) is 0 Å². The average Bonchev–Trinajstić information content (AvgIpc) is 3.11. The number of aromatic nitrogens is 1. The first-order chi connectivity index (χ1) is 12.7. The first-order valence-electron chi connectivity index (χ1n) is 8.39. The zero-order valence-electron chi connectivity index (χ0n) is 14.3. The van der Waals surface area contributed by atoms with Gasteiger partial charge >= 0.3 is 0 Å². The number of fused-ring (bicyclic) bond motifs is 1. The van der Waals surface area contributed by atoms with Crippen molar-refractivity contribution in [1.82, 2.24) is 9.88 Å². The van der Waals surface area contributed by atoms with Gasteiger partial charge in [0.25, 0.3) is 5.91 Å². The lowest BCUT2D eigenvalue weighted by Gasteiger charge is -2.34. The first kappa shape index (κ1) is 17.8. The predicted octanol–water partition coefficient (Wildman–Crippen LogP) is 4.74. The highest BCUT2D eigenvalue weighted by Gasteiger charge is 2.24. The number of thioether (sulfide) groups is 1. The highest BCUT2D eigenvalue weighted by molar-refractivity contribution is 9.10. The summed E-state index contributed by atoms with van der Waals surface area (Å²) in [5.41, 5.74) is 1.78. The predicted molar refractivity (Wildman–Crippen MR) is 114 cm³/mol. The number of carbonyl (C=O) groups is 1. The van der Waals surface area contributed by atoms with Gasteiger partial charge < -0.3 is 9.80 Å². The van der Waals surface area contributed by atoms with Gasteiger partial charge in [0.15, 0.2) is 5.13 Å². The Morgan fingerprint density at radius 3 is 2.65 bits per heavy atom. The Morgan fingerprint density at radius 1 is 1.15 bits per heavy atom. The Morgan fingerprint density at radius 2 is 1.92 bits per heavy atom. The van der Waals surface area contributed by atoms with Gasteiger partial charge in [0.2, 0.25) is 0 Å². The average molecular weight is 448 g/mol. The number of piperazine rings is 1. The Kier molecular flexibility index (Phi) is 5.20. The van der Waals surface area contributed by atoms with Crippen LogP contribution in [0, 0.1) is 0 Å². The third-order valence-electron chi connectivity index (χ3n) is 4.53. The number of halogens is 1. The summed E-state index contributed by atoms with van der Waals surface area (Å²) < 4.78 is 2.07. The Balaban J connectivity index is 1.46. The molecule has 4 nitrogen and oxygen atoms in total. The molecule has 1 aliphatic rings. The molecule has 1 saturated heterocycles. The molecule has 1 amide bonds. The molecule has 2 heterocycles. The van der Waals surface area contributed by atoms with E-state index in [1.165, 1.54) is 9.60 Å². The van der Waals surface area contributed by atoms with Crippen molar-refractivity contribution >= 4 is 60.3 Å². The van der Waals surface area contributed by atoms with Crippen LogP contribution in [0.1, 0.15) is 10.4 Å². The van der Waals surface area contributed by atoms with E-state index in [0.717, 1.165) is 33.8 Å². The van der Waals surface area contributed by atoms with Crippen LogP contribution in [0.25, 0.3) is 10.2 Å². The number of anilines is 1. The normalized spacial score (nSPS) is 14.8. The maximum atomic E-state index is 12.7. The number of thiazole rings is 1. The van der Waals surface area contributed by atoms with E-state index in [4.69, 9.17) is 4.98 Å². The Hall–Kier alpha value is -1.57. The van der Waals surface area contributed by atoms with Crippen molar-refractivity contribution in [3.63, 3.8) is 0 Å². The lowest BCUT2D eigenvalue weighted by atomic mass is 10.2. The third kappa shape index (κ3) is 3.48. The molecule has 0 unspecified atom stereocenters. The third-order valence-corrected chi connectivity index (χ3v) is 7.02. The van der Waals surface area contributed by atoms with Gasteiger partial charge in [-0.15, -0.1) is 11.8 Å². The minimum Gasteiger partial charge on any atom is -0.345 e. The van der Waals surface area contributed by atoms with Gasteiger partial charge in [-0.1, -0.05) is 23.5 Å². The largest absolute Gasteiger partial charge is 0.345 e. The molecule has 4 rings (SSSR count). The zero-order valence-corrected chi connectivity index (χ0v) is 17.5. The van der Waals surface area contributed by atoms with Crippen LogP contribution in [0.5, 0.6) is 0 Å². The van der Waals surface area contributed by atoms with Crippen molar-refractivity contribution in [2.45, 2.75) is 4.90 Å². The van der Waals surface area contributed by atoms with Crippen molar-refractivity contribution in [2.24, 2.45) is 0 Å². The summed E-state index contributed by atoms with van der Waals surface area (Å²) >= 11 is 6.96. The van der Waals surface area contributed by atoms with Gasteiger partial charge in [0.1, 0.15) is 0 Å². The molecule has 3 aromatic rings. The Labute approximate surface area is 169 Å². The van der Waals surface area contributed by atoms with Crippen LogP contribution in [0.4, 0.5) is 5.13 Å². The van der Waals surface area contributed by atoms with E-state index in [0.29, 0.717) is 13.1 Å². The van der Waals surface area contributed by atoms with E-state index in [9.17, 15) is 4.79 Å². The van der Waals surface area contributed by atoms with E-state index < -0.39 is 0 Å². The molecule has 0 saturated carbocycles. The van der Waals surface area contributed by atoms with Crippen molar-refractivity contribution in [1.29, 1.82) is 0 Å².